The molecule has 0 aliphatic heterocycles. The lowest BCUT2D eigenvalue weighted by molar-refractivity contribution is -0.148. The van der Waals surface area contributed by atoms with Gasteiger partial charge in [0.25, 0.3) is 0 Å². The molecule has 1 atom stereocenters. The van der Waals surface area contributed by atoms with E-state index >= 15 is 0 Å². The zero-order valence-corrected chi connectivity index (χ0v) is 11.0. The standard InChI is InChI=1S/C11H19FN2O4/c1-5-7(15)18-6-11(2,3)8(9(12)14-17)10(16)13-4/h8,17H,5-6H2,1-4H3,(H,13,16). The molecule has 2 N–H and O–H groups in total. The van der Waals surface area contributed by atoms with Gasteiger partial charge in [0, 0.05) is 18.9 Å². The molecular formula is C11H19FN2O4. The molecule has 0 heterocycles. The molecule has 104 valence electrons. The number of amides is 1. The molecule has 18 heavy (non-hydrogen) atoms. The third-order valence-corrected chi connectivity index (χ3v) is 2.52. The van der Waals surface area contributed by atoms with Crippen molar-refractivity contribution in [3.8, 4) is 0 Å². The highest BCUT2D eigenvalue weighted by Crippen LogP contribution is 2.29. The number of hydrogen-bond donors (Lipinski definition) is 2. The molecule has 0 fully saturated rings. The van der Waals surface area contributed by atoms with Gasteiger partial charge in [-0.05, 0) is 0 Å². The van der Waals surface area contributed by atoms with Gasteiger partial charge in [-0.15, -0.1) is 0 Å². The van der Waals surface area contributed by atoms with Gasteiger partial charge in [-0.3, -0.25) is 9.59 Å². The Balaban J connectivity index is 4.97. The molecule has 1 amide bonds. The maximum atomic E-state index is 13.4. The van der Waals surface area contributed by atoms with Gasteiger partial charge in [0.1, 0.15) is 5.92 Å². The van der Waals surface area contributed by atoms with Crippen LogP contribution in [-0.4, -0.2) is 36.7 Å². The smallest absolute Gasteiger partial charge is 0.305 e. The summed E-state index contributed by atoms with van der Waals surface area (Å²) >= 11 is 0. The van der Waals surface area contributed by atoms with Crippen molar-refractivity contribution in [2.45, 2.75) is 27.2 Å². The Morgan fingerprint density at radius 1 is 1.50 bits per heavy atom. The van der Waals surface area contributed by atoms with Crippen LogP contribution in [0.15, 0.2) is 5.16 Å². The molecule has 0 saturated heterocycles. The quantitative estimate of drug-likeness (QED) is 0.324. The van der Waals surface area contributed by atoms with Crippen LogP contribution >= 0.6 is 0 Å². The van der Waals surface area contributed by atoms with Gasteiger partial charge in [-0.2, -0.15) is 4.39 Å². The fraction of sp³-hybridized carbons (Fsp3) is 0.727. The van der Waals surface area contributed by atoms with Crippen LogP contribution in [-0.2, 0) is 14.3 Å². The van der Waals surface area contributed by atoms with Gasteiger partial charge in [-0.25, -0.2) is 0 Å². The van der Waals surface area contributed by atoms with Crippen LogP contribution in [0.4, 0.5) is 4.39 Å². The zero-order chi connectivity index (χ0) is 14.3. The number of halogens is 1. The summed E-state index contributed by atoms with van der Waals surface area (Å²) in [6.45, 7) is 4.56. The lowest BCUT2D eigenvalue weighted by Crippen LogP contribution is -2.44. The van der Waals surface area contributed by atoms with E-state index in [0.29, 0.717) is 0 Å². The summed E-state index contributed by atoms with van der Waals surface area (Å²) in [5.41, 5.74) is -1.03. The number of nitrogens with one attached hydrogen (secondary N) is 1. The molecule has 0 aliphatic rings. The molecule has 7 heteroatoms. The SMILES string of the molecule is CCC(=O)OCC(C)(C)C(C(=O)NC)C(F)=NO. The summed E-state index contributed by atoms with van der Waals surface area (Å²) < 4.78 is 18.3. The first kappa shape index (κ1) is 16.3. The number of carbonyl (C=O) groups is 2. The van der Waals surface area contributed by atoms with Crippen molar-refractivity contribution in [2.24, 2.45) is 16.5 Å². The second-order valence-corrected chi connectivity index (χ2v) is 4.47. The highest BCUT2D eigenvalue weighted by Gasteiger charge is 2.41. The van der Waals surface area contributed by atoms with Crippen LogP contribution in [0.2, 0.25) is 0 Å². The van der Waals surface area contributed by atoms with Crippen molar-refractivity contribution in [3.05, 3.63) is 0 Å². The Morgan fingerprint density at radius 3 is 2.44 bits per heavy atom. The minimum atomic E-state index is -1.32. The zero-order valence-electron chi connectivity index (χ0n) is 11.0. The highest BCUT2D eigenvalue weighted by atomic mass is 19.1. The summed E-state index contributed by atoms with van der Waals surface area (Å²) in [7, 11) is 1.34. The van der Waals surface area contributed by atoms with E-state index in [-0.39, 0.29) is 13.0 Å². The minimum absolute atomic E-state index is 0.152. The van der Waals surface area contributed by atoms with Crippen LogP contribution in [0.1, 0.15) is 27.2 Å². The van der Waals surface area contributed by atoms with Crippen molar-refractivity contribution in [1.29, 1.82) is 0 Å². The van der Waals surface area contributed by atoms with Gasteiger partial charge in [0.05, 0.1) is 6.61 Å². The average Bonchev–Trinajstić information content (AvgIpc) is 2.35. The second kappa shape index (κ2) is 6.93. The molecule has 0 aliphatic carbocycles. The Hall–Kier alpha value is -1.66. The third-order valence-electron chi connectivity index (χ3n) is 2.52. The summed E-state index contributed by atoms with van der Waals surface area (Å²) in [6.07, 6.45) is 0.192. The first-order valence-corrected chi connectivity index (χ1v) is 5.54. The Morgan fingerprint density at radius 2 is 2.06 bits per heavy atom. The molecule has 0 aromatic rings. The largest absolute Gasteiger partial charge is 0.465 e. The summed E-state index contributed by atoms with van der Waals surface area (Å²) in [5.74, 6) is -3.63. The molecule has 0 bridgehead atoms. The predicted molar refractivity (Wildman–Crippen MR) is 62.9 cm³/mol. The van der Waals surface area contributed by atoms with Crippen molar-refractivity contribution in [1.82, 2.24) is 5.32 Å². The lowest BCUT2D eigenvalue weighted by atomic mass is 9.79. The maximum absolute atomic E-state index is 13.4. The van der Waals surface area contributed by atoms with Gasteiger partial charge < -0.3 is 15.3 Å². The second-order valence-electron chi connectivity index (χ2n) is 4.47. The molecule has 0 aromatic carbocycles. The van der Waals surface area contributed by atoms with Crippen LogP contribution in [0, 0.1) is 11.3 Å². The number of hydrogen-bond acceptors (Lipinski definition) is 5. The van der Waals surface area contributed by atoms with Gasteiger partial charge in [-0.1, -0.05) is 25.9 Å². The van der Waals surface area contributed by atoms with E-state index < -0.39 is 29.2 Å². The molecule has 1 unspecified atom stereocenters. The van der Waals surface area contributed by atoms with E-state index in [0.717, 1.165) is 0 Å². The fourth-order valence-electron chi connectivity index (χ4n) is 1.44. The molecule has 6 nitrogen and oxygen atoms in total. The summed E-state index contributed by atoms with van der Waals surface area (Å²) in [6, 6.07) is 0. The first-order valence-electron chi connectivity index (χ1n) is 5.54. The van der Waals surface area contributed by atoms with Gasteiger partial charge in [0.2, 0.25) is 11.9 Å². The number of carbonyl (C=O) groups excluding carboxylic acids is 2. The number of rotatable bonds is 6. The van der Waals surface area contributed by atoms with Crippen LogP contribution < -0.4 is 5.32 Å². The van der Waals surface area contributed by atoms with E-state index in [1.165, 1.54) is 7.05 Å². The normalized spacial score (nSPS) is 13.9. The van der Waals surface area contributed by atoms with E-state index in [1.807, 2.05) is 0 Å². The van der Waals surface area contributed by atoms with Gasteiger partial charge in [0.15, 0.2) is 0 Å². The Bertz CT molecular complexity index is 342. The topological polar surface area (TPSA) is 88.0 Å². The molecule has 0 aromatic heterocycles. The predicted octanol–water partition coefficient (Wildman–Crippen LogP) is 1.09. The number of nitrogens with zero attached hydrogens (tertiary/aromatic N) is 1. The molecule has 0 spiro atoms. The summed E-state index contributed by atoms with van der Waals surface area (Å²) in [4.78, 5) is 22.7. The average molecular weight is 262 g/mol. The number of ether oxygens (including phenoxy) is 1. The van der Waals surface area contributed by atoms with Crippen LogP contribution in [0.5, 0.6) is 0 Å². The van der Waals surface area contributed by atoms with Crippen molar-refractivity contribution >= 4 is 17.8 Å². The van der Waals surface area contributed by atoms with Crippen LogP contribution in [0.25, 0.3) is 0 Å². The van der Waals surface area contributed by atoms with Crippen molar-refractivity contribution in [2.75, 3.05) is 13.7 Å². The van der Waals surface area contributed by atoms with Crippen molar-refractivity contribution in [3.63, 3.8) is 0 Å². The van der Waals surface area contributed by atoms with Gasteiger partial charge >= 0.3 is 5.97 Å². The Labute approximate surface area is 105 Å². The van der Waals surface area contributed by atoms with E-state index in [2.05, 4.69) is 10.5 Å². The molecule has 0 radical (unpaired) electrons. The van der Waals surface area contributed by atoms with Crippen molar-refractivity contribution < 1.29 is 23.9 Å². The molecule has 0 saturated carbocycles. The fourth-order valence-corrected chi connectivity index (χ4v) is 1.44. The van der Waals surface area contributed by atoms with E-state index in [4.69, 9.17) is 9.94 Å². The Kier molecular flexibility index (Phi) is 6.29. The molecular weight excluding hydrogens is 243 g/mol. The third kappa shape index (κ3) is 4.31. The maximum Gasteiger partial charge on any atom is 0.305 e. The number of oxime groups is 1. The lowest BCUT2D eigenvalue weighted by Gasteiger charge is -2.30. The molecule has 0 rings (SSSR count). The highest BCUT2D eigenvalue weighted by molar-refractivity contribution is 6.00. The summed E-state index contributed by atoms with van der Waals surface area (Å²) in [5, 5.41) is 13.2. The monoisotopic (exact) mass is 262 g/mol. The number of esters is 1. The van der Waals surface area contributed by atoms with Crippen LogP contribution in [0.3, 0.4) is 0 Å². The van der Waals surface area contributed by atoms with E-state index in [9.17, 15) is 14.0 Å². The van der Waals surface area contributed by atoms with E-state index in [1.54, 1.807) is 20.8 Å². The first-order chi connectivity index (χ1) is 8.30. The minimum Gasteiger partial charge on any atom is -0.465 e.